The van der Waals surface area contributed by atoms with Crippen molar-refractivity contribution in [2.45, 2.75) is 20.0 Å². The number of ether oxygens (including phenoxy) is 1. The third-order valence-electron chi connectivity index (χ3n) is 3.53. The second-order valence-electron chi connectivity index (χ2n) is 5.52. The summed E-state index contributed by atoms with van der Waals surface area (Å²) in [4.78, 5) is 12.8. The molecule has 0 radical (unpaired) electrons. The van der Waals surface area contributed by atoms with E-state index in [1.54, 1.807) is 0 Å². The summed E-state index contributed by atoms with van der Waals surface area (Å²) < 4.78 is 5.86. The van der Waals surface area contributed by atoms with Crippen molar-refractivity contribution in [2.24, 2.45) is 0 Å². The number of hydrogen-bond acceptors (Lipinski definition) is 2. The van der Waals surface area contributed by atoms with Crippen molar-refractivity contribution in [2.75, 3.05) is 0 Å². The van der Waals surface area contributed by atoms with Gasteiger partial charge < -0.3 is 4.74 Å². The minimum atomic E-state index is 0.0351. The molecule has 3 aromatic carbocycles. The van der Waals surface area contributed by atoms with Crippen molar-refractivity contribution in [1.82, 2.24) is 0 Å². The summed E-state index contributed by atoms with van der Waals surface area (Å²) in [5.74, 6) is 0.850. The van der Waals surface area contributed by atoms with E-state index in [0.29, 0.717) is 11.1 Å². The Morgan fingerprint density at radius 3 is 2.14 bits per heavy atom. The summed E-state index contributed by atoms with van der Waals surface area (Å²) in [6.07, 6.45) is 0.0964. The van der Waals surface area contributed by atoms with Gasteiger partial charge >= 0.3 is 0 Å². The van der Waals surface area contributed by atoms with Crippen LogP contribution in [0.4, 0.5) is 0 Å². The molecule has 0 fully saturated rings. The van der Waals surface area contributed by atoms with Gasteiger partial charge in [-0.3, -0.25) is 4.79 Å². The zero-order valence-corrected chi connectivity index (χ0v) is 12.7. The quantitative estimate of drug-likeness (QED) is 0.641. The van der Waals surface area contributed by atoms with Crippen LogP contribution in [0.1, 0.15) is 29.8 Å². The predicted octanol–water partition coefficient (Wildman–Crippen LogP) is 4.86. The highest BCUT2D eigenvalue weighted by Crippen LogP contribution is 2.30. The van der Waals surface area contributed by atoms with Crippen molar-refractivity contribution < 1.29 is 9.53 Å². The van der Waals surface area contributed by atoms with Crippen LogP contribution in [0.5, 0.6) is 5.75 Å². The molecule has 0 aromatic heterocycles. The number of carbonyl (C=O) groups excluding carboxylic acids is 1. The molecule has 0 bridgehead atoms. The van der Waals surface area contributed by atoms with E-state index in [2.05, 4.69) is 0 Å². The largest absolute Gasteiger partial charge is 0.490 e. The molecule has 0 aliphatic heterocycles. The first-order valence-electron chi connectivity index (χ1n) is 7.45. The molecule has 2 heteroatoms. The number of carbonyl (C=O) groups is 1. The van der Waals surface area contributed by atoms with Gasteiger partial charge in [-0.25, -0.2) is 0 Å². The van der Waals surface area contributed by atoms with Gasteiger partial charge in [-0.1, -0.05) is 54.6 Å². The zero-order chi connectivity index (χ0) is 15.5. The van der Waals surface area contributed by atoms with Crippen LogP contribution < -0.4 is 4.74 Å². The van der Waals surface area contributed by atoms with Gasteiger partial charge in [0.15, 0.2) is 5.78 Å². The molecule has 0 saturated heterocycles. The van der Waals surface area contributed by atoms with Crippen molar-refractivity contribution in [1.29, 1.82) is 0 Å². The van der Waals surface area contributed by atoms with Crippen molar-refractivity contribution >= 4 is 16.6 Å². The highest BCUT2D eigenvalue weighted by Gasteiger charge is 2.14. The molecule has 0 heterocycles. The van der Waals surface area contributed by atoms with E-state index in [-0.39, 0.29) is 11.9 Å². The predicted molar refractivity (Wildman–Crippen MR) is 89.6 cm³/mol. The maximum absolute atomic E-state index is 12.8. The van der Waals surface area contributed by atoms with E-state index in [9.17, 15) is 4.79 Å². The average molecular weight is 290 g/mol. The fraction of sp³-hybridized carbons (Fsp3) is 0.150. The molecule has 3 rings (SSSR count). The van der Waals surface area contributed by atoms with Gasteiger partial charge in [0.25, 0.3) is 0 Å². The Hall–Kier alpha value is -2.61. The molecule has 2 nitrogen and oxygen atoms in total. The van der Waals surface area contributed by atoms with Crippen LogP contribution in [-0.4, -0.2) is 11.9 Å². The molecule has 22 heavy (non-hydrogen) atoms. The third-order valence-corrected chi connectivity index (χ3v) is 3.53. The molecule has 0 N–H and O–H groups in total. The van der Waals surface area contributed by atoms with Crippen molar-refractivity contribution in [3.05, 3.63) is 77.9 Å². The number of benzene rings is 3. The van der Waals surface area contributed by atoms with E-state index < -0.39 is 0 Å². The van der Waals surface area contributed by atoms with E-state index in [4.69, 9.17) is 4.74 Å². The van der Waals surface area contributed by atoms with Gasteiger partial charge in [-0.15, -0.1) is 0 Å². The average Bonchev–Trinajstić information content (AvgIpc) is 2.55. The van der Waals surface area contributed by atoms with Gasteiger partial charge in [-0.05, 0) is 31.4 Å². The van der Waals surface area contributed by atoms with Crippen LogP contribution in [0, 0.1) is 0 Å². The number of hydrogen-bond donors (Lipinski definition) is 0. The second-order valence-corrected chi connectivity index (χ2v) is 5.52. The van der Waals surface area contributed by atoms with Crippen molar-refractivity contribution in [3.63, 3.8) is 0 Å². The second kappa shape index (κ2) is 6.02. The lowest BCUT2D eigenvalue weighted by Gasteiger charge is -2.14. The maximum atomic E-state index is 12.8. The molecule has 3 aromatic rings. The summed E-state index contributed by atoms with van der Waals surface area (Å²) in [5, 5.41) is 1.90. The Balaban J connectivity index is 2.14. The highest BCUT2D eigenvalue weighted by atomic mass is 16.5. The van der Waals surface area contributed by atoms with Gasteiger partial charge in [-0.2, -0.15) is 0 Å². The molecule has 0 spiro atoms. The van der Waals surface area contributed by atoms with Crippen LogP contribution in [-0.2, 0) is 0 Å². The molecule has 110 valence electrons. The first-order chi connectivity index (χ1) is 10.7. The Morgan fingerprint density at radius 2 is 1.45 bits per heavy atom. The lowest BCUT2D eigenvalue weighted by molar-refractivity contribution is 0.104. The first-order valence-corrected chi connectivity index (χ1v) is 7.45. The lowest BCUT2D eigenvalue weighted by atomic mass is 9.97. The van der Waals surface area contributed by atoms with Gasteiger partial charge in [0.05, 0.1) is 6.10 Å². The maximum Gasteiger partial charge on any atom is 0.193 e. The lowest BCUT2D eigenvalue weighted by Crippen LogP contribution is -2.07. The summed E-state index contributed by atoms with van der Waals surface area (Å²) in [5.41, 5.74) is 1.41. The van der Waals surface area contributed by atoms with Crippen LogP contribution in [0.25, 0.3) is 10.8 Å². The monoisotopic (exact) mass is 290 g/mol. The van der Waals surface area contributed by atoms with Gasteiger partial charge in [0, 0.05) is 16.5 Å². The van der Waals surface area contributed by atoms with Crippen LogP contribution >= 0.6 is 0 Å². The molecular formula is C20H18O2. The smallest absolute Gasteiger partial charge is 0.193 e. The molecule has 0 saturated carbocycles. The summed E-state index contributed by atoms with van der Waals surface area (Å²) in [6, 6.07) is 21.0. The molecule has 0 amide bonds. The minimum Gasteiger partial charge on any atom is -0.490 e. The Bertz CT molecular complexity index is 804. The number of rotatable bonds is 4. The Labute approximate surface area is 130 Å². The number of ketones is 1. The molecular weight excluding hydrogens is 272 g/mol. The third kappa shape index (κ3) is 2.73. The SMILES string of the molecule is CC(C)Oc1ccc(C(=O)c2ccccc2)c2ccccc12. The Kier molecular flexibility index (Phi) is 3.92. The zero-order valence-electron chi connectivity index (χ0n) is 12.7. The fourth-order valence-corrected chi connectivity index (χ4v) is 2.57. The van der Waals surface area contributed by atoms with Crippen LogP contribution in [0.3, 0.4) is 0 Å². The summed E-state index contributed by atoms with van der Waals surface area (Å²) >= 11 is 0. The van der Waals surface area contributed by atoms with Crippen LogP contribution in [0.2, 0.25) is 0 Å². The van der Waals surface area contributed by atoms with Gasteiger partial charge in [0.1, 0.15) is 5.75 Å². The summed E-state index contributed by atoms with van der Waals surface area (Å²) in [6.45, 7) is 4.00. The van der Waals surface area contributed by atoms with E-state index in [1.807, 2.05) is 80.6 Å². The molecule has 0 aliphatic rings. The van der Waals surface area contributed by atoms with E-state index in [1.165, 1.54) is 0 Å². The van der Waals surface area contributed by atoms with Gasteiger partial charge in [0.2, 0.25) is 0 Å². The molecule has 0 unspecified atom stereocenters. The van der Waals surface area contributed by atoms with Crippen LogP contribution in [0.15, 0.2) is 66.7 Å². The molecule has 0 aliphatic carbocycles. The highest BCUT2D eigenvalue weighted by molar-refractivity contribution is 6.17. The van der Waals surface area contributed by atoms with E-state index in [0.717, 1.165) is 16.5 Å². The summed E-state index contributed by atoms with van der Waals surface area (Å²) in [7, 11) is 0. The Morgan fingerprint density at radius 1 is 0.818 bits per heavy atom. The first kappa shape index (κ1) is 14.3. The minimum absolute atomic E-state index is 0.0351. The molecule has 0 atom stereocenters. The standard InChI is InChI=1S/C20H18O2/c1-14(2)22-19-13-12-18(16-10-6-7-11-17(16)19)20(21)15-8-4-3-5-9-15/h3-14H,1-2H3. The topological polar surface area (TPSA) is 26.3 Å². The fourth-order valence-electron chi connectivity index (χ4n) is 2.57. The van der Waals surface area contributed by atoms with Crippen molar-refractivity contribution in [3.8, 4) is 5.75 Å². The normalized spacial score (nSPS) is 10.9. The van der Waals surface area contributed by atoms with E-state index >= 15 is 0 Å². The number of fused-ring (bicyclic) bond motifs is 1.